The second kappa shape index (κ2) is 13.9. The predicted molar refractivity (Wildman–Crippen MR) is 195 cm³/mol. The van der Waals surface area contributed by atoms with Gasteiger partial charge in [0.2, 0.25) is 0 Å². The van der Waals surface area contributed by atoms with Gasteiger partial charge in [-0.3, -0.25) is 15.1 Å². The number of halogens is 1. The first-order valence-electron chi connectivity index (χ1n) is 16.6. The van der Waals surface area contributed by atoms with Gasteiger partial charge in [0.15, 0.2) is 0 Å². The summed E-state index contributed by atoms with van der Waals surface area (Å²) in [5.74, 6) is -0.290. The number of rotatable bonds is 11. The van der Waals surface area contributed by atoms with Gasteiger partial charge in [-0.1, -0.05) is 103 Å². The molecule has 8 heteroatoms. The van der Waals surface area contributed by atoms with E-state index in [0.29, 0.717) is 29.7 Å². The van der Waals surface area contributed by atoms with Crippen molar-refractivity contribution < 1.29 is 9.31 Å². The molecule has 0 amide bonds. The Morgan fingerprint density at radius 1 is 0.820 bits per heavy atom. The predicted octanol–water partition coefficient (Wildman–Crippen LogP) is 9.19. The monoisotopic (exact) mass is 661 g/mol. The van der Waals surface area contributed by atoms with E-state index in [2.05, 4.69) is 46.7 Å². The number of aromatic nitrogens is 3. The Labute approximate surface area is 290 Å². The number of hydrogen-bond donors (Lipinski definition) is 1. The van der Waals surface area contributed by atoms with Crippen LogP contribution < -0.4 is 5.32 Å². The topological polar surface area (TPSA) is 85.9 Å². The van der Waals surface area contributed by atoms with Crippen molar-refractivity contribution in [2.45, 2.75) is 31.8 Å². The highest BCUT2D eigenvalue weighted by Gasteiger charge is 2.41. The summed E-state index contributed by atoms with van der Waals surface area (Å²) in [5.41, 5.74) is 6.51. The van der Waals surface area contributed by atoms with Gasteiger partial charge in [0.05, 0.1) is 10.4 Å². The highest BCUT2D eigenvalue weighted by molar-refractivity contribution is 5.96. The van der Waals surface area contributed by atoms with E-state index in [1.165, 1.54) is 12.1 Å². The maximum atomic E-state index is 13.5. The van der Waals surface area contributed by atoms with Crippen LogP contribution in [0.3, 0.4) is 0 Å². The van der Waals surface area contributed by atoms with Crippen molar-refractivity contribution >= 4 is 16.6 Å². The number of nitrogens with one attached hydrogen (secondary N) is 1. The SMILES string of the molecule is Cc1cc(-c2nn(C(c3ccccc3)(c3ccccc3)c3ccccc3)c3cc([N+](=O)[O-])c(CCNC(C)c4ccc(F)cc4)cc23)ccn1. The van der Waals surface area contributed by atoms with Crippen molar-refractivity contribution in [2.24, 2.45) is 0 Å². The molecule has 1 N–H and O–H groups in total. The van der Waals surface area contributed by atoms with Gasteiger partial charge in [0.1, 0.15) is 17.1 Å². The van der Waals surface area contributed by atoms with Crippen LogP contribution in [-0.2, 0) is 12.0 Å². The molecule has 5 aromatic carbocycles. The highest BCUT2D eigenvalue weighted by atomic mass is 19.1. The third-order valence-electron chi connectivity index (χ3n) is 9.35. The van der Waals surface area contributed by atoms with E-state index in [-0.39, 0.29) is 22.5 Å². The Kier molecular flexibility index (Phi) is 9.02. The van der Waals surface area contributed by atoms with Crippen LogP contribution in [0.4, 0.5) is 10.1 Å². The van der Waals surface area contributed by atoms with Crippen LogP contribution in [0.1, 0.15) is 46.5 Å². The molecular weight excluding hydrogens is 625 g/mol. The van der Waals surface area contributed by atoms with Crippen LogP contribution in [0.25, 0.3) is 22.2 Å². The van der Waals surface area contributed by atoms with Crippen LogP contribution in [-0.4, -0.2) is 26.2 Å². The normalized spacial score (nSPS) is 12.2. The summed E-state index contributed by atoms with van der Waals surface area (Å²) in [6.45, 7) is 4.41. The van der Waals surface area contributed by atoms with Gasteiger partial charge in [-0.2, -0.15) is 5.10 Å². The molecule has 7 nitrogen and oxygen atoms in total. The second-order valence-corrected chi connectivity index (χ2v) is 12.5. The van der Waals surface area contributed by atoms with E-state index < -0.39 is 5.54 Å². The number of aryl methyl sites for hydroxylation is 1. The van der Waals surface area contributed by atoms with E-state index in [9.17, 15) is 14.5 Å². The molecule has 0 saturated heterocycles. The van der Waals surface area contributed by atoms with Gasteiger partial charge in [-0.05, 0) is 79.4 Å². The van der Waals surface area contributed by atoms with Crippen molar-refractivity contribution in [3.63, 3.8) is 0 Å². The first kappa shape index (κ1) is 32.6. The Hall–Kier alpha value is -5.99. The molecule has 2 heterocycles. The Morgan fingerprint density at radius 3 is 1.94 bits per heavy atom. The van der Waals surface area contributed by atoms with Gasteiger partial charge in [-0.25, -0.2) is 9.07 Å². The zero-order valence-electron chi connectivity index (χ0n) is 27.8. The first-order valence-corrected chi connectivity index (χ1v) is 16.6. The van der Waals surface area contributed by atoms with Crippen molar-refractivity contribution in [3.05, 3.63) is 195 Å². The molecule has 7 aromatic rings. The Bertz CT molecular complexity index is 2160. The van der Waals surface area contributed by atoms with Crippen LogP contribution in [0.2, 0.25) is 0 Å². The van der Waals surface area contributed by atoms with Gasteiger partial charge in [0.25, 0.3) is 5.69 Å². The van der Waals surface area contributed by atoms with Crippen molar-refractivity contribution in [1.82, 2.24) is 20.1 Å². The fourth-order valence-electron chi connectivity index (χ4n) is 6.92. The smallest absolute Gasteiger partial charge is 0.274 e. The van der Waals surface area contributed by atoms with Gasteiger partial charge in [-0.15, -0.1) is 0 Å². The fourth-order valence-corrected chi connectivity index (χ4v) is 6.92. The molecule has 0 aliphatic heterocycles. The number of nitrogens with zero attached hydrogens (tertiary/aromatic N) is 4. The summed E-state index contributed by atoms with van der Waals surface area (Å²) in [7, 11) is 0. The Balaban J connectivity index is 1.47. The summed E-state index contributed by atoms with van der Waals surface area (Å²) >= 11 is 0. The van der Waals surface area contributed by atoms with E-state index in [0.717, 1.165) is 38.9 Å². The van der Waals surface area contributed by atoms with Gasteiger partial charge >= 0.3 is 0 Å². The molecule has 0 saturated carbocycles. The number of nitro benzene ring substituents is 1. The summed E-state index contributed by atoms with van der Waals surface area (Å²) < 4.78 is 15.5. The molecule has 2 aromatic heterocycles. The molecular formula is C42H36FN5O2. The van der Waals surface area contributed by atoms with Crippen LogP contribution >= 0.6 is 0 Å². The fraction of sp³-hybridized carbons (Fsp3) is 0.143. The lowest BCUT2D eigenvalue weighted by Crippen LogP contribution is -2.38. The van der Waals surface area contributed by atoms with E-state index in [1.807, 2.05) is 91.3 Å². The lowest BCUT2D eigenvalue weighted by atomic mass is 9.77. The van der Waals surface area contributed by atoms with Crippen LogP contribution in [0.15, 0.2) is 146 Å². The molecule has 0 radical (unpaired) electrons. The van der Waals surface area contributed by atoms with Gasteiger partial charge in [0, 0.05) is 40.5 Å². The lowest BCUT2D eigenvalue weighted by Gasteiger charge is -2.37. The summed E-state index contributed by atoms with van der Waals surface area (Å²) in [6, 6.07) is 44.3. The third kappa shape index (κ3) is 6.06. The summed E-state index contributed by atoms with van der Waals surface area (Å²) in [6.07, 6.45) is 2.17. The molecule has 0 spiro atoms. The van der Waals surface area contributed by atoms with E-state index >= 15 is 0 Å². The largest absolute Gasteiger partial charge is 0.310 e. The molecule has 50 heavy (non-hydrogen) atoms. The summed E-state index contributed by atoms with van der Waals surface area (Å²) in [5, 5.41) is 22.5. The number of pyridine rings is 1. The number of fused-ring (bicyclic) bond motifs is 1. The van der Waals surface area contributed by atoms with Gasteiger partial charge < -0.3 is 5.32 Å². The number of benzene rings is 5. The average Bonchev–Trinajstić information content (AvgIpc) is 3.52. The first-order chi connectivity index (χ1) is 24.4. The van der Waals surface area contributed by atoms with Crippen molar-refractivity contribution in [2.75, 3.05) is 6.54 Å². The molecule has 0 aliphatic rings. The number of hydrogen-bond acceptors (Lipinski definition) is 5. The lowest BCUT2D eigenvalue weighted by molar-refractivity contribution is -0.385. The highest BCUT2D eigenvalue weighted by Crippen LogP contribution is 2.45. The van der Waals surface area contributed by atoms with Crippen molar-refractivity contribution in [1.29, 1.82) is 0 Å². The summed E-state index contributed by atoms with van der Waals surface area (Å²) in [4.78, 5) is 16.9. The zero-order chi connectivity index (χ0) is 34.7. The molecule has 1 unspecified atom stereocenters. The van der Waals surface area contributed by atoms with Crippen LogP contribution in [0, 0.1) is 22.9 Å². The van der Waals surface area contributed by atoms with Crippen molar-refractivity contribution in [3.8, 4) is 11.3 Å². The minimum Gasteiger partial charge on any atom is -0.310 e. The molecule has 7 rings (SSSR count). The molecule has 0 fully saturated rings. The average molecular weight is 662 g/mol. The maximum absolute atomic E-state index is 13.5. The van der Waals surface area contributed by atoms with E-state index in [4.69, 9.17) is 5.10 Å². The Morgan fingerprint density at radius 2 is 1.40 bits per heavy atom. The second-order valence-electron chi connectivity index (χ2n) is 12.5. The molecule has 1 atom stereocenters. The van der Waals surface area contributed by atoms with E-state index in [1.54, 1.807) is 24.4 Å². The maximum Gasteiger partial charge on any atom is 0.274 e. The molecule has 248 valence electrons. The van der Waals surface area contributed by atoms with Crippen LogP contribution in [0.5, 0.6) is 0 Å². The minimum atomic E-state index is -0.982. The minimum absolute atomic E-state index is 0.0235. The third-order valence-corrected chi connectivity index (χ3v) is 9.35. The number of nitro groups is 1. The standard InChI is InChI=1S/C42H36FN5O2/c1-29-26-33(23-24-44-29)41-38-27-32(22-25-45-30(2)31-18-20-37(43)21-19-31)39(48(49)50)28-40(38)47(46-41)42(34-12-6-3-7-13-34,35-14-8-4-9-15-35)36-16-10-5-11-17-36/h3-21,23-24,26-28,30,45H,22,25H2,1-2H3. The molecule has 0 aliphatic carbocycles. The quantitative estimate of drug-likeness (QED) is 0.0849. The molecule has 0 bridgehead atoms. The zero-order valence-corrected chi connectivity index (χ0v) is 27.8.